The zero-order valence-corrected chi connectivity index (χ0v) is 15.1. The van der Waals surface area contributed by atoms with Gasteiger partial charge in [0, 0.05) is 24.2 Å². The lowest BCUT2D eigenvalue weighted by atomic mass is 9.94. The molecule has 0 atom stereocenters. The largest absolute Gasteiger partial charge is 0.366 e. The molecule has 3 aliphatic rings. The Labute approximate surface area is 153 Å². The third-order valence-electron chi connectivity index (χ3n) is 5.59. The Morgan fingerprint density at radius 1 is 0.840 bits per heavy atom. The molecule has 2 amide bonds. The Morgan fingerprint density at radius 3 is 2.12 bits per heavy atom. The van der Waals surface area contributed by atoms with Crippen molar-refractivity contribution in [2.75, 3.05) is 13.1 Å². The van der Waals surface area contributed by atoms with Crippen LogP contribution in [0.2, 0.25) is 5.02 Å². The summed E-state index contributed by atoms with van der Waals surface area (Å²) in [5.74, 6) is -0.218. The van der Waals surface area contributed by atoms with E-state index in [1.165, 1.54) is 6.42 Å². The molecule has 2 fully saturated rings. The van der Waals surface area contributed by atoms with E-state index >= 15 is 0 Å². The molecule has 0 radical (unpaired) electrons. The molecule has 4 rings (SSSR count). The number of benzene rings is 1. The van der Waals surface area contributed by atoms with E-state index < -0.39 is 0 Å². The summed E-state index contributed by atoms with van der Waals surface area (Å²) in [4.78, 5) is 30.1. The monoisotopic (exact) mass is 358 g/mol. The van der Waals surface area contributed by atoms with Crippen LogP contribution in [0, 0.1) is 0 Å². The zero-order valence-electron chi connectivity index (χ0n) is 14.3. The van der Waals surface area contributed by atoms with Crippen LogP contribution in [0.3, 0.4) is 0 Å². The van der Waals surface area contributed by atoms with Crippen LogP contribution < -0.4 is 0 Å². The maximum absolute atomic E-state index is 13.3. The van der Waals surface area contributed by atoms with Gasteiger partial charge in [-0.05, 0) is 43.4 Å². The van der Waals surface area contributed by atoms with E-state index in [1.807, 2.05) is 12.1 Å². The van der Waals surface area contributed by atoms with Gasteiger partial charge in [0.25, 0.3) is 11.8 Å². The van der Waals surface area contributed by atoms with Gasteiger partial charge in [-0.25, -0.2) is 0 Å². The van der Waals surface area contributed by atoms with Crippen molar-refractivity contribution in [2.24, 2.45) is 0 Å². The van der Waals surface area contributed by atoms with Crippen LogP contribution in [0.1, 0.15) is 50.5 Å². The van der Waals surface area contributed by atoms with Gasteiger partial charge in [0.1, 0.15) is 5.70 Å². The molecule has 1 saturated carbocycles. The lowest BCUT2D eigenvalue weighted by Crippen LogP contribution is -2.43. The average Bonchev–Trinajstić information content (AvgIpc) is 3.23. The smallest absolute Gasteiger partial charge is 0.278 e. The van der Waals surface area contributed by atoms with Crippen molar-refractivity contribution >= 4 is 29.0 Å². The molecule has 1 aromatic carbocycles. The van der Waals surface area contributed by atoms with E-state index in [0.717, 1.165) is 57.2 Å². The molecule has 4 nitrogen and oxygen atoms in total. The maximum Gasteiger partial charge on any atom is 0.278 e. The summed E-state index contributed by atoms with van der Waals surface area (Å²) in [5.41, 5.74) is 1.97. The quantitative estimate of drug-likeness (QED) is 0.770. The number of imide groups is 1. The van der Waals surface area contributed by atoms with Crippen molar-refractivity contribution in [2.45, 2.75) is 51.0 Å². The second kappa shape index (κ2) is 6.83. The first-order valence-corrected chi connectivity index (χ1v) is 9.67. The standard InChI is InChI=1S/C20H23ClN2O2/c21-15-10-8-14(9-11-15)17-18(22-12-4-5-13-22)20(25)23(19(17)24)16-6-2-1-3-7-16/h8-11,16H,1-7,12-13H2. The van der Waals surface area contributed by atoms with E-state index in [4.69, 9.17) is 11.6 Å². The number of hydrogen-bond acceptors (Lipinski definition) is 3. The third kappa shape index (κ3) is 2.97. The van der Waals surface area contributed by atoms with E-state index in [1.54, 1.807) is 17.0 Å². The predicted octanol–water partition coefficient (Wildman–Crippen LogP) is 3.85. The lowest BCUT2D eigenvalue weighted by Gasteiger charge is -2.30. The highest BCUT2D eigenvalue weighted by atomic mass is 35.5. The molecule has 1 saturated heterocycles. The first-order chi connectivity index (χ1) is 12.2. The lowest BCUT2D eigenvalue weighted by molar-refractivity contribution is -0.140. The first-order valence-electron chi connectivity index (χ1n) is 9.30. The molecule has 1 aliphatic carbocycles. The number of amides is 2. The second-order valence-corrected chi connectivity index (χ2v) is 7.63. The summed E-state index contributed by atoms with van der Waals surface area (Å²) in [6.45, 7) is 1.70. The molecular weight excluding hydrogens is 336 g/mol. The normalized spacial score (nSPS) is 22.4. The van der Waals surface area contributed by atoms with Gasteiger partial charge >= 0.3 is 0 Å². The van der Waals surface area contributed by atoms with Crippen molar-refractivity contribution in [3.05, 3.63) is 40.5 Å². The Morgan fingerprint density at radius 2 is 1.48 bits per heavy atom. The van der Waals surface area contributed by atoms with Crippen molar-refractivity contribution in [3.63, 3.8) is 0 Å². The maximum atomic E-state index is 13.3. The fourth-order valence-electron chi connectivity index (χ4n) is 4.32. The number of carbonyl (C=O) groups is 2. The summed E-state index contributed by atoms with van der Waals surface area (Å²) >= 11 is 6.01. The van der Waals surface area contributed by atoms with E-state index in [0.29, 0.717) is 16.3 Å². The number of halogens is 1. The van der Waals surface area contributed by atoms with Crippen LogP contribution in [-0.4, -0.2) is 40.7 Å². The van der Waals surface area contributed by atoms with E-state index in [2.05, 4.69) is 4.90 Å². The summed E-state index contributed by atoms with van der Waals surface area (Å²) < 4.78 is 0. The predicted molar refractivity (Wildman–Crippen MR) is 97.9 cm³/mol. The number of rotatable bonds is 3. The first kappa shape index (κ1) is 16.6. The molecule has 0 spiro atoms. The second-order valence-electron chi connectivity index (χ2n) is 7.20. The molecule has 132 valence electrons. The Hall–Kier alpha value is -1.81. The van der Waals surface area contributed by atoms with Crippen LogP contribution in [-0.2, 0) is 9.59 Å². The topological polar surface area (TPSA) is 40.6 Å². The van der Waals surface area contributed by atoms with Crippen LogP contribution in [0.4, 0.5) is 0 Å². The van der Waals surface area contributed by atoms with Gasteiger partial charge in [0.05, 0.1) is 5.57 Å². The molecule has 1 aromatic rings. The molecule has 0 aromatic heterocycles. The minimum atomic E-state index is -0.124. The molecule has 25 heavy (non-hydrogen) atoms. The number of hydrogen-bond donors (Lipinski definition) is 0. The van der Waals surface area contributed by atoms with Crippen LogP contribution >= 0.6 is 11.6 Å². The van der Waals surface area contributed by atoms with Gasteiger partial charge in [0.15, 0.2) is 0 Å². The molecule has 5 heteroatoms. The fraction of sp³-hybridized carbons (Fsp3) is 0.500. The summed E-state index contributed by atoms with van der Waals surface area (Å²) in [6.07, 6.45) is 7.39. The minimum absolute atomic E-state index is 0.0520. The Bertz CT molecular complexity index is 714. The van der Waals surface area contributed by atoms with Gasteiger partial charge in [-0.15, -0.1) is 0 Å². The number of likely N-dealkylation sites (tertiary alicyclic amines) is 1. The van der Waals surface area contributed by atoms with Crippen LogP contribution in [0.25, 0.3) is 5.57 Å². The van der Waals surface area contributed by atoms with Crippen molar-refractivity contribution in [1.29, 1.82) is 0 Å². The highest BCUT2D eigenvalue weighted by Gasteiger charge is 2.45. The minimum Gasteiger partial charge on any atom is -0.366 e. The highest BCUT2D eigenvalue weighted by molar-refractivity contribution is 6.36. The Balaban J connectivity index is 1.75. The fourth-order valence-corrected chi connectivity index (χ4v) is 4.44. The summed E-state index contributed by atoms with van der Waals surface area (Å²) in [6, 6.07) is 7.32. The molecule has 0 unspecified atom stereocenters. The molecule has 2 aliphatic heterocycles. The van der Waals surface area contributed by atoms with Gasteiger partial charge in [-0.3, -0.25) is 14.5 Å². The molecule has 0 bridgehead atoms. The van der Waals surface area contributed by atoms with Crippen molar-refractivity contribution < 1.29 is 9.59 Å². The van der Waals surface area contributed by atoms with Crippen LogP contribution in [0.15, 0.2) is 30.0 Å². The summed E-state index contributed by atoms with van der Waals surface area (Å²) in [5, 5.41) is 0.632. The number of nitrogens with zero attached hydrogens (tertiary/aromatic N) is 2. The van der Waals surface area contributed by atoms with E-state index in [-0.39, 0.29) is 17.9 Å². The SMILES string of the molecule is O=C1C(c2ccc(Cl)cc2)=C(N2CCCC2)C(=O)N1C1CCCCC1. The Kier molecular flexibility index (Phi) is 4.55. The van der Waals surface area contributed by atoms with Crippen molar-refractivity contribution in [3.8, 4) is 0 Å². The van der Waals surface area contributed by atoms with Crippen LogP contribution in [0.5, 0.6) is 0 Å². The molecule has 0 N–H and O–H groups in total. The summed E-state index contributed by atoms with van der Waals surface area (Å²) in [7, 11) is 0. The number of carbonyl (C=O) groups excluding carboxylic acids is 2. The van der Waals surface area contributed by atoms with E-state index in [9.17, 15) is 9.59 Å². The third-order valence-corrected chi connectivity index (χ3v) is 5.84. The van der Waals surface area contributed by atoms with Crippen molar-refractivity contribution in [1.82, 2.24) is 9.80 Å². The highest BCUT2D eigenvalue weighted by Crippen LogP contribution is 2.37. The average molecular weight is 359 g/mol. The van der Waals surface area contributed by atoms with Gasteiger partial charge in [0.2, 0.25) is 0 Å². The molecular formula is C20H23ClN2O2. The zero-order chi connectivity index (χ0) is 17.4. The molecule has 2 heterocycles. The van der Waals surface area contributed by atoms with Gasteiger partial charge < -0.3 is 4.90 Å². The van der Waals surface area contributed by atoms with Gasteiger partial charge in [-0.2, -0.15) is 0 Å². The van der Waals surface area contributed by atoms with Gasteiger partial charge in [-0.1, -0.05) is 43.0 Å².